The summed E-state index contributed by atoms with van der Waals surface area (Å²) in [5, 5.41) is 16.1. The van der Waals surface area contributed by atoms with Gasteiger partial charge in [0.25, 0.3) is 0 Å². The molecule has 2 aromatic rings. The van der Waals surface area contributed by atoms with Crippen LogP contribution in [0.1, 0.15) is 85.4 Å². The Kier molecular flexibility index (Phi) is 19.9. The first kappa shape index (κ1) is 51.2. The predicted molar refractivity (Wildman–Crippen MR) is 237 cm³/mol. The van der Waals surface area contributed by atoms with Gasteiger partial charge in [0, 0.05) is 37.6 Å². The fraction of sp³-hybridized carbons (Fsp3) is 0.512. The monoisotopic (exact) mass is 848 g/mol. The molecule has 16 nitrogen and oxygen atoms in total. The van der Waals surface area contributed by atoms with Gasteiger partial charge in [-0.25, -0.2) is 9.59 Å². The number of nitrogens with one attached hydrogen (secondary N) is 3. The van der Waals surface area contributed by atoms with Crippen LogP contribution in [0.4, 0.5) is 30.1 Å². The Balaban J connectivity index is 0.000000330. The fourth-order valence-corrected chi connectivity index (χ4v) is 5.57. The number of halogens is 1. The molecule has 1 fully saturated rings. The fourth-order valence-electron chi connectivity index (χ4n) is 5.57. The van der Waals surface area contributed by atoms with Crippen LogP contribution >= 0.6 is 0 Å². The topological polar surface area (TPSA) is 187 Å². The number of amides is 4. The minimum absolute atomic E-state index is 0.231. The Labute approximate surface area is 360 Å². The maximum atomic E-state index is 13.8. The van der Waals surface area contributed by atoms with Crippen molar-refractivity contribution in [3.63, 3.8) is 0 Å². The molecule has 2 heterocycles. The molecule has 0 spiro atoms. The van der Waals surface area contributed by atoms with Crippen LogP contribution in [0.3, 0.4) is 0 Å². The van der Waals surface area contributed by atoms with E-state index < -0.39 is 35.1 Å². The average molecular weight is 849 g/mol. The van der Waals surface area contributed by atoms with Gasteiger partial charge < -0.3 is 24.6 Å². The second-order valence-electron chi connectivity index (χ2n) is 17.2. The summed E-state index contributed by atoms with van der Waals surface area (Å²) in [4.78, 5) is 54.6. The number of carbonyl (C=O) groups is 4. The Morgan fingerprint density at radius 1 is 0.852 bits per heavy atom. The Morgan fingerprint density at radius 3 is 2.00 bits per heavy atom. The van der Waals surface area contributed by atoms with Crippen LogP contribution in [0, 0.1) is 31.2 Å². The molecule has 0 bridgehead atoms. The molecule has 0 unspecified atom stereocenters. The molecule has 0 aromatic heterocycles. The molecule has 2 aliphatic heterocycles. The Hall–Kier alpha value is -5.96. The number of rotatable bonds is 8. The zero-order chi connectivity index (χ0) is 46.0. The number of hydrogen-bond donors (Lipinski definition) is 3. The average Bonchev–Trinajstić information content (AvgIpc) is 3.14. The normalized spacial score (nSPS) is 14.6. The zero-order valence-corrected chi connectivity index (χ0v) is 37.6. The number of nitriles is 1. The molecule has 2 aromatic carbocycles. The van der Waals surface area contributed by atoms with E-state index in [2.05, 4.69) is 55.4 Å². The molecule has 4 rings (SSSR count). The molecule has 0 radical (unpaired) electrons. The minimum atomic E-state index is -0.770. The number of nitrogens with zero attached hydrogens (tertiary/aromatic N) is 5. The Morgan fingerprint density at radius 2 is 1.48 bits per heavy atom. The first-order chi connectivity index (χ1) is 28.4. The van der Waals surface area contributed by atoms with E-state index in [-0.39, 0.29) is 5.82 Å². The van der Waals surface area contributed by atoms with Gasteiger partial charge in [0.1, 0.15) is 17.5 Å². The molecule has 4 amide bonds. The number of ether oxygens (including phenoxy) is 3. The summed E-state index contributed by atoms with van der Waals surface area (Å²) < 4.78 is 33.5. The second-order valence-corrected chi connectivity index (χ2v) is 17.2. The van der Waals surface area contributed by atoms with E-state index in [0.717, 1.165) is 49.3 Å². The Bertz CT molecular complexity index is 1940. The zero-order valence-electron chi connectivity index (χ0n) is 37.6. The third kappa shape index (κ3) is 20.7. The summed E-state index contributed by atoms with van der Waals surface area (Å²) in [6.07, 6.45) is 3.75. The summed E-state index contributed by atoms with van der Waals surface area (Å²) in [5.41, 5.74) is 4.30. The SMILES string of the molecule is CC(C)(C)OC(=O)/N=C/NC(=O)OC(C)(C)C.Cc1cc(NC=O)ccc1N1CCN(C)CC1.Cc1ccc(C2=CCN(C(=BOC#N)NC(=O)OC(C)(C)C)CC2)cc1F. The molecule has 0 saturated carbocycles. The molecule has 1 saturated heterocycles. The van der Waals surface area contributed by atoms with Crippen molar-refractivity contribution >= 4 is 60.8 Å². The van der Waals surface area contributed by atoms with E-state index in [1.54, 1.807) is 81.6 Å². The van der Waals surface area contributed by atoms with Crippen molar-refractivity contribution in [2.45, 2.75) is 99.4 Å². The molecule has 0 aliphatic carbocycles. The van der Waals surface area contributed by atoms with Gasteiger partial charge in [-0.3, -0.25) is 10.1 Å². The van der Waals surface area contributed by atoms with Crippen molar-refractivity contribution in [1.29, 1.82) is 5.26 Å². The van der Waals surface area contributed by atoms with E-state index >= 15 is 0 Å². The summed E-state index contributed by atoms with van der Waals surface area (Å²) in [7, 11) is 3.33. The quantitative estimate of drug-likeness (QED) is 0.0635. The first-order valence-electron chi connectivity index (χ1n) is 19.8. The number of alkyl carbamates (subject to hydrolysis) is 2. The van der Waals surface area contributed by atoms with Crippen LogP contribution in [-0.4, -0.2) is 117 Å². The van der Waals surface area contributed by atoms with Crippen molar-refractivity contribution in [2.24, 2.45) is 4.99 Å². The van der Waals surface area contributed by atoms with Crippen molar-refractivity contribution in [3.05, 3.63) is 65.0 Å². The van der Waals surface area contributed by atoms with Gasteiger partial charge in [0.2, 0.25) is 6.41 Å². The number of hydrogen-bond acceptors (Lipinski definition) is 12. The number of piperazine rings is 1. The third-order valence-corrected chi connectivity index (χ3v) is 8.36. The number of likely N-dealkylation sites (N-methyl/N-ethyl adjacent to an activating group) is 1. The van der Waals surface area contributed by atoms with Crippen molar-refractivity contribution in [2.75, 3.05) is 56.5 Å². The van der Waals surface area contributed by atoms with E-state index in [1.165, 1.54) is 24.4 Å². The van der Waals surface area contributed by atoms with Crippen LogP contribution in [0.15, 0.2) is 47.5 Å². The third-order valence-electron chi connectivity index (χ3n) is 8.36. The van der Waals surface area contributed by atoms with Crippen LogP contribution in [0.25, 0.3) is 5.57 Å². The standard InChI is InChI=1S/C19H23BFN3O3.C13H19N3O.C11H20N2O4/c1-13-5-6-15(11-16(13)21)14-7-9-24(10-8-14)17(20-26-12-22)23-18(25)27-19(2,3)4;1-11-9-12(14-10-17)3-4-13(11)16-7-5-15(2)6-8-16;1-10(2,3)16-8(14)12-7-13-9(15)17-11(4,5)6/h5-7,11H,8-10H2,1-4H3,(H,23,25);3-4,9-10H,5-8H2,1-2H3,(H,14,17);7H,1-6H3,(H,12,13,14,15). The number of aliphatic imine (C=N–C) groups is 1. The number of aryl methyl sites for hydroxylation is 2. The maximum absolute atomic E-state index is 13.8. The van der Waals surface area contributed by atoms with Gasteiger partial charge in [-0.1, -0.05) is 0 Å². The number of benzene rings is 2. The van der Waals surface area contributed by atoms with Gasteiger partial charge in [-0.2, -0.15) is 4.99 Å². The van der Waals surface area contributed by atoms with Crippen LogP contribution in [0.2, 0.25) is 0 Å². The van der Waals surface area contributed by atoms with Crippen LogP contribution < -0.4 is 20.9 Å². The summed E-state index contributed by atoms with van der Waals surface area (Å²) in [6, 6.07) is 11.2. The summed E-state index contributed by atoms with van der Waals surface area (Å²) >= 11 is 0. The van der Waals surface area contributed by atoms with E-state index in [9.17, 15) is 23.6 Å². The summed E-state index contributed by atoms with van der Waals surface area (Å²) in [5.74, 6) is -0.231. The van der Waals surface area contributed by atoms with E-state index in [0.29, 0.717) is 37.2 Å². The number of carbonyl (C=O) groups excluding carboxylic acids is 4. The van der Waals surface area contributed by atoms with Crippen LogP contribution in [0.5, 0.6) is 0 Å². The van der Waals surface area contributed by atoms with Gasteiger partial charge >= 0.3 is 171 Å². The molecular weight excluding hydrogens is 786 g/mol. The van der Waals surface area contributed by atoms with Crippen molar-refractivity contribution in [3.8, 4) is 6.26 Å². The molecule has 3 N–H and O–H groups in total. The van der Waals surface area contributed by atoms with Crippen LogP contribution in [-0.2, 0) is 23.7 Å². The van der Waals surface area contributed by atoms with Gasteiger partial charge in [-0.05, 0) is 79.3 Å². The van der Waals surface area contributed by atoms with E-state index in [1.807, 2.05) is 29.2 Å². The van der Waals surface area contributed by atoms with Gasteiger partial charge in [-0.15, -0.1) is 0 Å². The molecule has 2 aliphatic rings. The summed E-state index contributed by atoms with van der Waals surface area (Å²) in [6.45, 7) is 24.9. The first-order valence-corrected chi connectivity index (χ1v) is 19.8. The van der Waals surface area contributed by atoms with Gasteiger partial charge in [0.05, 0.1) is 0 Å². The van der Waals surface area contributed by atoms with Crippen molar-refractivity contribution < 1.29 is 42.4 Å². The second kappa shape index (κ2) is 23.7. The predicted octanol–water partition coefficient (Wildman–Crippen LogP) is 6.74. The molecule has 0 atom stereocenters. The molecular formula is C43H62BFN8O8. The number of anilines is 2. The molecule has 18 heteroatoms. The van der Waals surface area contributed by atoms with Gasteiger partial charge in [0.15, 0.2) is 0 Å². The van der Waals surface area contributed by atoms with Crippen molar-refractivity contribution in [1.82, 2.24) is 20.4 Å². The molecule has 61 heavy (non-hydrogen) atoms. The molecule has 332 valence electrons. The van der Waals surface area contributed by atoms with E-state index in [4.69, 9.17) is 19.5 Å².